The Balaban J connectivity index is 2.62. The van der Waals surface area contributed by atoms with Crippen LogP contribution < -0.4 is 0 Å². The maximum atomic E-state index is 4.08. The molecule has 0 aromatic carbocycles. The Kier molecular flexibility index (Phi) is 4.07. The number of nitrogens with zero attached hydrogens (tertiary/aromatic N) is 4. The van der Waals surface area contributed by atoms with E-state index in [9.17, 15) is 0 Å². The summed E-state index contributed by atoms with van der Waals surface area (Å²) in [6.45, 7) is 11.9. The molecule has 4 nitrogen and oxygen atoms in total. The molecule has 0 bridgehead atoms. The van der Waals surface area contributed by atoms with E-state index in [-0.39, 0.29) is 0 Å². The number of hydrogen-bond donors (Lipinski definition) is 0. The highest BCUT2D eigenvalue weighted by molar-refractivity contribution is 5.84. The highest BCUT2D eigenvalue weighted by Crippen LogP contribution is 2.06. The summed E-state index contributed by atoms with van der Waals surface area (Å²) in [5.74, 6) is 1.70. The average Bonchev–Trinajstić information content (AvgIpc) is 2.09. The minimum atomic E-state index is 0.661. The molecule has 0 saturated carbocycles. The highest BCUT2D eigenvalue weighted by atomic mass is 15.3. The van der Waals surface area contributed by atoms with E-state index in [0.717, 1.165) is 32.0 Å². The summed E-state index contributed by atoms with van der Waals surface area (Å²) in [4.78, 5) is 4.56. The van der Waals surface area contributed by atoms with Gasteiger partial charge in [-0.05, 0) is 13.0 Å². The minimum Gasteiger partial charge on any atom is -0.356 e. The maximum Gasteiger partial charge on any atom is 0.141 e. The Morgan fingerprint density at radius 1 is 1.43 bits per heavy atom. The molecular formula is C10H20N4. The van der Waals surface area contributed by atoms with Crippen LogP contribution in [0.4, 0.5) is 0 Å². The lowest BCUT2D eigenvalue weighted by Gasteiger charge is -2.35. The van der Waals surface area contributed by atoms with Gasteiger partial charge < -0.3 is 4.90 Å². The van der Waals surface area contributed by atoms with Crippen molar-refractivity contribution in [3.63, 3.8) is 0 Å². The molecule has 1 saturated heterocycles. The predicted octanol–water partition coefficient (Wildman–Crippen LogP) is 0.904. The maximum absolute atomic E-state index is 4.08. The summed E-state index contributed by atoms with van der Waals surface area (Å²) in [5.41, 5.74) is 0. The van der Waals surface area contributed by atoms with Gasteiger partial charge in [0.25, 0.3) is 0 Å². The Morgan fingerprint density at radius 2 is 2.14 bits per heavy atom. The van der Waals surface area contributed by atoms with Gasteiger partial charge in [0.05, 0.1) is 6.54 Å². The Labute approximate surface area is 86.3 Å². The molecule has 0 radical (unpaired) electrons. The largest absolute Gasteiger partial charge is 0.356 e. The molecule has 0 aliphatic carbocycles. The van der Waals surface area contributed by atoms with E-state index < -0.39 is 0 Å². The van der Waals surface area contributed by atoms with Gasteiger partial charge in [-0.1, -0.05) is 13.8 Å². The average molecular weight is 196 g/mol. The number of piperazine rings is 1. The van der Waals surface area contributed by atoms with Crippen molar-refractivity contribution < 1.29 is 0 Å². The van der Waals surface area contributed by atoms with E-state index >= 15 is 0 Å². The van der Waals surface area contributed by atoms with E-state index in [0.29, 0.717) is 5.92 Å². The fraction of sp³-hybridized carbons (Fsp3) is 0.800. The fourth-order valence-corrected chi connectivity index (χ4v) is 1.65. The van der Waals surface area contributed by atoms with Crippen molar-refractivity contribution in [3.05, 3.63) is 0 Å². The molecule has 1 aliphatic heterocycles. The molecule has 0 amide bonds. The van der Waals surface area contributed by atoms with Crippen molar-refractivity contribution in [1.29, 1.82) is 0 Å². The van der Waals surface area contributed by atoms with Gasteiger partial charge in [-0.25, -0.2) is 0 Å². The van der Waals surface area contributed by atoms with Crippen molar-refractivity contribution >= 4 is 12.6 Å². The number of amidine groups is 1. The number of likely N-dealkylation sites (N-methyl/N-ethyl adjacent to an activating group) is 1. The van der Waals surface area contributed by atoms with Gasteiger partial charge in [-0.15, -0.1) is 5.10 Å². The second-order valence-corrected chi connectivity index (χ2v) is 4.24. The molecule has 80 valence electrons. The van der Waals surface area contributed by atoms with E-state index in [2.05, 4.69) is 47.6 Å². The van der Waals surface area contributed by atoms with Crippen LogP contribution in [-0.4, -0.2) is 55.6 Å². The lowest BCUT2D eigenvalue weighted by atomic mass is 10.2. The zero-order valence-corrected chi connectivity index (χ0v) is 9.40. The minimum absolute atomic E-state index is 0.661. The van der Waals surface area contributed by atoms with Gasteiger partial charge in [0.15, 0.2) is 0 Å². The van der Waals surface area contributed by atoms with E-state index in [1.54, 1.807) is 0 Å². The van der Waals surface area contributed by atoms with Gasteiger partial charge >= 0.3 is 0 Å². The van der Waals surface area contributed by atoms with Crippen LogP contribution in [0, 0.1) is 5.92 Å². The summed E-state index contributed by atoms with van der Waals surface area (Å²) in [5, 5.41) is 7.70. The lowest BCUT2D eigenvalue weighted by Crippen LogP contribution is -2.49. The molecule has 0 aromatic heterocycles. The molecule has 0 spiro atoms. The van der Waals surface area contributed by atoms with Crippen LogP contribution in [-0.2, 0) is 0 Å². The van der Waals surface area contributed by atoms with Crippen LogP contribution in [0.3, 0.4) is 0 Å². The van der Waals surface area contributed by atoms with Crippen molar-refractivity contribution in [2.75, 3.05) is 33.2 Å². The summed E-state index contributed by atoms with van der Waals surface area (Å²) in [7, 11) is 2.10. The highest BCUT2D eigenvalue weighted by Gasteiger charge is 2.20. The van der Waals surface area contributed by atoms with E-state index in [1.165, 1.54) is 0 Å². The smallest absolute Gasteiger partial charge is 0.141 e. The molecule has 1 rings (SSSR count). The predicted molar refractivity (Wildman–Crippen MR) is 60.9 cm³/mol. The second-order valence-electron chi connectivity index (χ2n) is 4.24. The Morgan fingerprint density at radius 3 is 2.71 bits per heavy atom. The van der Waals surface area contributed by atoms with Crippen molar-refractivity contribution in [2.24, 2.45) is 16.1 Å². The molecule has 1 aliphatic rings. The summed E-state index contributed by atoms with van der Waals surface area (Å²) < 4.78 is 0. The first-order valence-corrected chi connectivity index (χ1v) is 5.09. The third-order valence-corrected chi connectivity index (χ3v) is 2.30. The summed E-state index contributed by atoms with van der Waals surface area (Å²) >= 11 is 0. The monoisotopic (exact) mass is 196 g/mol. The molecule has 1 heterocycles. The third kappa shape index (κ3) is 3.10. The Bertz CT molecular complexity index is 222. The molecule has 0 unspecified atom stereocenters. The SMILES string of the molecule is C=N/N=C1/CN(C)CCN1CC(C)C. The van der Waals surface area contributed by atoms with Gasteiger partial charge in [0.1, 0.15) is 5.84 Å². The second kappa shape index (κ2) is 5.10. The van der Waals surface area contributed by atoms with Crippen LogP contribution >= 0.6 is 0 Å². The molecule has 0 atom stereocenters. The standard InChI is InChI=1S/C10H20N4/c1-9(2)7-14-6-5-13(4)8-10(14)12-11-3/h9H,3,5-8H2,1-2,4H3/b12-10-. The molecule has 0 aromatic rings. The van der Waals surface area contributed by atoms with Gasteiger partial charge in [-0.2, -0.15) is 5.10 Å². The normalized spacial score (nSPS) is 22.0. The molecular weight excluding hydrogens is 176 g/mol. The van der Waals surface area contributed by atoms with E-state index in [4.69, 9.17) is 0 Å². The zero-order valence-electron chi connectivity index (χ0n) is 9.40. The topological polar surface area (TPSA) is 31.2 Å². The van der Waals surface area contributed by atoms with Crippen molar-refractivity contribution in [3.8, 4) is 0 Å². The first-order valence-electron chi connectivity index (χ1n) is 5.09. The fourth-order valence-electron chi connectivity index (χ4n) is 1.65. The quantitative estimate of drug-likeness (QED) is 0.496. The third-order valence-electron chi connectivity index (χ3n) is 2.30. The van der Waals surface area contributed by atoms with Gasteiger partial charge in [0.2, 0.25) is 0 Å². The van der Waals surface area contributed by atoms with Gasteiger partial charge in [-0.3, -0.25) is 4.90 Å². The number of rotatable bonds is 3. The van der Waals surface area contributed by atoms with Crippen molar-refractivity contribution in [2.45, 2.75) is 13.8 Å². The van der Waals surface area contributed by atoms with E-state index in [1.807, 2.05) is 0 Å². The van der Waals surface area contributed by atoms with Crippen LogP contribution in [0.1, 0.15) is 13.8 Å². The molecule has 0 N–H and O–H groups in total. The summed E-state index contributed by atoms with van der Waals surface area (Å²) in [6, 6.07) is 0. The van der Waals surface area contributed by atoms with Crippen LogP contribution in [0.5, 0.6) is 0 Å². The number of hydrogen-bond acceptors (Lipinski definition) is 3. The first-order chi connectivity index (χ1) is 6.63. The summed E-state index contributed by atoms with van der Waals surface area (Å²) in [6.07, 6.45) is 0. The van der Waals surface area contributed by atoms with Crippen LogP contribution in [0.2, 0.25) is 0 Å². The Hall–Kier alpha value is -0.900. The lowest BCUT2D eigenvalue weighted by molar-refractivity contribution is 0.248. The molecule has 14 heavy (non-hydrogen) atoms. The van der Waals surface area contributed by atoms with Gasteiger partial charge in [0, 0.05) is 26.4 Å². The molecule has 1 fully saturated rings. The van der Waals surface area contributed by atoms with Crippen LogP contribution in [0.25, 0.3) is 0 Å². The van der Waals surface area contributed by atoms with Crippen molar-refractivity contribution in [1.82, 2.24) is 9.80 Å². The van der Waals surface area contributed by atoms with Crippen LogP contribution in [0.15, 0.2) is 10.2 Å². The first kappa shape index (κ1) is 11.2. The zero-order chi connectivity index (χ0) is 10.6. The molecule has 4 heteroatoms.